The van der Waals surface area contributed by atoms with Gasteiger partial charge in [0.05, 0.1) is 0 Å². The number of fused-ring (bicyclic) bond motifs is 3. The summed E-state index contributed by atoms with van der Waals surface area (Å²) >= 11 is 0. The van der Waals surface area contributed by atoms with Crippen LogP contribution in [0.1, 0.15) is 30.3 Å². The minimum Gasteiger partial charge on any atom is -0.451 e. The van der Waals surface area contributed by atoms with Crippen molar-refractivity contribution in [2.24, 2.45) is 5.92 Å². The van der Waals surface area contributed by atoms with E-state index in [-0.39, 0.29) is 23.5 Å². The molecule has 0 unspecified atom stereocenters. The van der Waals surface area contributed by atoms with Gasteiger partial charge in [-0.1, -0.05) is 0 Å². The minimum absolute atomic E-state index is 0.0994. The molecule has 5 nitrogen and oxygen atoms in total. The van der Waals surface area contributed by atoms with Gasteiger partial charge >= 0.3 is 6.36 Å². The Balaban J connectivity index is 1.43. The lowest BCUT2D eigenvalue weighted by Gasteiger charge is -2.49. The molecule has 4 heterocycles. The van der Waals surface area contributed by atoms with E-state index in [1.165, 1.54) is 24.3 Å². The van der Waals surface area contributed by atoms with Crippen molar-refractivity contribution < 1.29 is 27.1 Å². The Labute approximate surface area is 160 Å². The average Bonchev–Trinajstić information content (AvgIpc) is 3.14. The van der Waals surface area contributed by atoms with Crippen LogP contribution in [0.3, 0.4) is 0 Å². The van der Waals surface area contributed by atoms with Crippen molar-refractivity contribution in [1.82, 2.24) is 10.2 Å². The van der Waals surface area contributed by atoms with Crippen LogP contribution in [0.5, 0.6) is 5.75 Å². The van der Waals surface area contributed by atoms with Crippen LogP contribution in [0.2, 0.25) is 0 Å². The molecule has 8 heteroatoms. The van der Waals surface area contributed by atoms with Gasteiger partial charge in [-0.2, -0.15) is 0 Å². The highest BCUT2D eigenvalue weighted by atomic mass is 19.4. The second-order valence-electron chi connectivity index (χ2n) is 7.35. The molecule has 2 bridgehead atoms. The maximum atomic E-state index is 12.6. The topological polar surface area (TPSA) is 54.7 Å². The summed E-state index contributed by atoms with van der Waals surface area (Å²) in [7, 11) is 0. The molecule has 2 atom stereocenters. The normalized spacial score (nSPS) is 26.9. The molecule has 3 aliphatic rings. The molecule has 0 aliphatic carbocycles. The number of rotatable bonds is 4. The average molecular weight is 394 g/mol. The number of amides is 1. The highest BCUT2D eigenvalue weighted by Crippen LogP contribution is 2.33. The Bertz CT molecular complexity index is 837. The lowest BCUT2D eigenvalue weighted by molar-refractivity contribution is -0.274. The molecule has 3 saturated heterocycles. The first kappa shape index (κ1) is 18.9. The summed E-state index contributed by atoms with van der Waals surface area (Å²) in [5, 5.41) is 3.10. The van der Waals surface area contributed by atoms with Gasteiger partial charge < -0.3 is 14.5 Å². The maximum Gasteiger partial charge on any atom is 0.573 e. The summed E-state index contributed by atoms with van der Waals surface area (Å²) in [5.74, 6) is 0.505. The van der Waals surface area contributed by atoms with E-state index in [9.17, 15) is 18.0 Å². The number of alkyl halides is 3. The molecule has 28 heavy (non-hydrogen) atoms. The highest BCUT2D eigenvalue weighted by molar-refractivity contribution is 5.92. The van der Waals surface area contributed by atoms with Gasteiger partial charge in [-0.3, -0.25) is 9.69 Å². The lowest BCUT2D eigenvalue weighted by Crippen LogP contribution is -2.62. The van der Waals surface area contributed by atoms with Gasteiger partial charge in [0, 0.05) is 17.6 Å². The number of ether oxygens (including phenoxy) is 1. The fourth-order valence-electron chi connectivity index (χ4n) is 4.20. The van der Waals surface area contributed by atoms with Crippen LogP contribution in [0.4, 0.5) is 13.2 Å². The van der Waals surface area contributed by atoms with E-state index in [0.717, 1.165) is 25.9 Å². The third-order valence-corrected chi connectivity index (χ3v) is 5.68. The van der Waals surface area contributed by atoms with E-state index in [0.29, 0.717) is 23.3 Å². The molecule has 1 aromatic carbocycles. The first-order valence-corrected chi connectivity index (χ1v) is 9.31. The maximum absolute atomic E-state index is 12.6. The fraction of sp³-hybridized carbons (Fsp3) is 0.450. The first-order chi connectivity index (χ1) is 13.3. The Morgan fingerprint density at radius 2 is 1.82 bits per heavy atom. The van der Waals surface area contributed by atoms with Crippen LogP contribution in [0.25, 0.3) is 11.3 Å². The van der Waals surface area contributed by atoms with Gasteiger partial charge in [0.25, 0.3) is 5.91 Å². The van der Waals surface area contributed by atoms with Crippen LogP contribution in [-0.2, 0) is 0 Å². The SMILES string of the molecule is C[C@H]1[C@H](NC(=O)c2ccc(-c3ccc(OC(F)(F)F)cc3)o2)C2CCN1CC2. The molecule has 150 valence electrons. The zero-order chi connectivity index (χ0) is 19.9. The van der Waals surface area contributed by atoms with Crippen molar-refractivity contribution >= 4 is 5.91 Å². The van der Waals surface area contributed by atoms with Crippen molar-refractivity contribution in [3.05, 3.63) is 42.2 Å². The molecule has 0 radical (unpaired) electrons. The second kappa shape index (κ2) is 7.16. The van der Waals surface area contributed by atoms with E-state index >= 15 is 0 Å². The molecule has 1 N–H and O–H groups in total. The van der Waals surface area contributed by atoms with Crippen LogP contribution >= 0.6 is 0 Å². The molecular weight excluding hydrogens is 373 g/mol. The Morgan fingerprint density at radius 1 is 1.14 bits per heavy atom. The fourth-order valence-corrected chi connectivity index (χ4v) is 4.20. The van der Waals surface area contributed by atoms with Crippen molar-refractivity contribution in [2.75, 3.05) is 13.1 Å². The summed E-state index contributed by atoms with van der Waals surface area (Å²) in [4.78, 5) is 15.0. The molecular formula is C20H21F3N2O3. The van der Waals surface area contributed by atoms with Gasteiger partial charge in [-0.05, 0) is 75.2 Å². The van der Waals surface area contributed by atoms with Gasteiger partial charge in [-0.25, -0.2) is 0 Å². The van der Waals surface area contributed by atoms with Crippen molar-refractivity contribution in [3.63, 3.8) is 0 Å². The Kier molecular flexibility index (Phi) is 4.82. The summed E-state index contributed by atoms with van der Waals surface area (Å²) in [6.45, 7) is 4.29. The van der Waals surface area contributed by atoms with Crippen LogP contribution in [0.15, 0.2) is 40.8 Å². The Morgan fingerprint density at radius 3 is 2.43 bits per heavy atom. The number of carbonyl (C=O) groups excluding carboxylic acids is 1. The van der Waals surface area contributed by atoms with E-state index in [4.69, 9.17) is 4.42 Å². The number of hydrogen-bond donors (Lipinski definition) is 1. The molecule has 3 fully saturated rings. The number of nitrogens with zero attached hydrogens (tertiary/aromatic N) is 1. The van der Waals surface area contributed by atoms with Gasteiger partial charge in [0.1, 0.15) is 11.5 Å². The molecule has 1 amide bonds. The molecule has 3 aliphatic heterocycles. The summed E-state index contributed by atoms with van der Waals surface area (Å²) in [6, 6.07) is 8.94. The summed E-state index contributed by atoms with van der Waals surface area (Å²) < 4.78 is 46.2. The predicted octanol–water partition coefficient (Wildman–Crippen LogP) is 4.06. The van der Waals surface area contributed by atoms with Crippen molar-refractivity contribution in [3.8, 4) is 17.1 Å². The van der Waals surface area contributed by atoms with Crippen LogP contribution < -0.4 is 10.1 Å². The lowest BCUT2D eigenvalue weighted by atomic mass is 9.79. The number of furan rings is 1. The number of piperidine rings is 3. The molecule has 2 aromatic rings. The number of hydrogen-bond acceptors (Lipinski definition) is 4. The smallest absolute Gasteiger partial charge is 0.451 e. The predicted molar refractivity (Wildman–Crippen MR) is 95.8 cm³/mol. The summed E-state index contributed by atoms with van der Waals surface area (Å²) in [6.07, 6.45) is -2.56. The first-order valence-electron chi connectivity index (χ1n) is 9.31. The van der Waals surface area contributed by atoms with Crippen molar-refractivity contribution in [1.29, 1.82) is 0 Å². The highest BCUT2D eigenvalue weighted by Gasteiger charge is 2.40. The zero-order valence-electron chi connectivity index (χ0n) is 15.3. The minimum atomic E-state index is -4.73. The zero-order valence-corrected chi connectivity index (χ0v) is 15.3. The third kappa shape index (κ3) is 3.87. The van der Waals surface area contributed by atoms with E-state index < -0.39 is 6.36 Å². The third-order valence-electron chi connectivity index (χ3n) is 5.68. The standard InChI is InChI=1S/C20H21F3N2O3/c1-12-18(14-8-10-25(12)11-9-14)24-19(26)17-7-6-16(27-17)13-2-4-15(5-3-13)28-20(21,22)23/h2-7,12,14,18H,8-11H2,1H3,(H,24,26)/t12-,18-/m0/s1. The molecule has 5 rings (SSSR count). The molecule has 0 spiro atoms. The van der Waals surface area contributed by atoms with Crippen LogP contribution in [0, 0.1) is 5.92 Å². The monoisotopic (exact) mass is 394 g/mol. The summed E-state index contributed by atoms with van der Waals surface area (Å²) in [5.41, 5.74) is 0.560. The number of nitrogens with one attached hydrogen (secondary N) is 1. The van der Waals surface area contributed by atoms with Gasteiger partial charge in [-0.15, -0.1) is 13.2 Å². The van der Waals surface area contributed by atoms with Gasteiger partial charge in [0.2, 0.25) is 0 Å². The van der Waals surface area contributed by atoms with Gasteiger partial charge in [0.15, 0.2) is 5.76 Å². The Hall–Kier alpha value is -2.48. The number of benzene rings is 1. The van der Waals surface area contributed by atoms with E-state index in [1.54, 1.807) is 12.1 Å². The quantitative estimate of drug-likeness (QED) is 0.850. The molecule has 0 saturated carbocycles. The number of halogens is 3. The van der Waals surface area contributed by atoms with E-state index in [2.05, 4.69) is 21.9 Å². The van der Waals surface area contributed by atoms with E-state index in [1.807, 2.05) is 0 Å². The number of carbonyl (C=O) groups is 1. The second-order valence-corrected chi connectivity index (χ2v) is 7.35. The molecule has 1 aromatic heterocycles. The van der Waals surface area contributed by atoms with Crippen LogP contribution in [-0.4, -0.2) is 42.3 Å². The van der Waals surface area contributed by atoms with Crippen molar-refractivity contribution in [2.45, 2.75) is 38.2 Å². The largest absolute Gasteiger partial charge is 0.573 e.